The molecule has 6 aromatic rings. The number of aliphatic hydroxyl groups is 3. The standard InChI is InChI=1S/C9H13ClN2O.C9H12N2O.C7H6ClNO2.C7H8ClNO.C7H6ClNO.C7H7NO2.C4H7BO.C2H7NO/c1-7-4-9(10)8(6-12-7)5-11-2-3-13;1-7-4-9-8(6-11-7)5-10-2-3-12-9;1-4-2-6(8)5(3-9-4)7(10)11;2*1-5-2-7(8)6(4-10)3-9-5;1-5-2-3-6(4-8-5)7(9)10;5-4-2-1-3-6-4;3-1-2-4/h4,6,11,13H,2-3,5H2,1H3;4,6,10H,2-3,5H2,1H3;2-3H,1H3,(H,10,11);2-3,10H,4H2,1H3;2-4H,1H3;2-4H,1H3,(H,9,10);4H,1-3H2;4H,1-3H2. The maximum atomic E-state index is 10.4. The van der Waals surface area contributed by atoms with Gasteiger partial charge in [0.05, 0.1) is 46.6 Å². The minimum absolute atomic E-state index is 0.0391. The lowest BCUT2D eigenvalue weighted by atomic mass is 9.98. The Morgan fingerprint density at radius 2 is 1.25 bits per heavy atom. The van der Waals surface area contributed by atoms with Crippen LogP contribution >= 0.6 is 46.4 Å². The summed E-state index contributed by atoms with van der Waals surface area (Å²) in [4.78, 5) is 54.7. The molecule has 0 aliphatic carbocycles. The van der Waals surface area contributed by atoms with Crippen molar-refractivity contribution in [3.05, 3.63) is 167 Å². The number of pyridine rings is 6. The van der Waals surface area contributed by atoms with Crippen LogP contribution in [0, 0.1) is 41.5 Å². The molecule has 8 rings (SSSR count). The number of ether oxygens (including phenoxy) is 2. The molecule has 0 amide bonds. The van der Waals surface area contributed by atoms with Crippen molar-refractivity contribution in [3.8, 4) is 5.75 Å². The fraction of sp³-hybridized carbons (Fsp3) is 0.365. The van der Waals surface area contributed by atoms with Crippen LogP contribution in [-0.2, 0) is 24.4 Å². The third kappa shape index (κ3) is 29.5. The molecule has 2 aliphatic heterocycles. The highest BCUT2D eigenvalue weighted by atomic mass is 35.5. The van der Waals surface area contributed by atoms with Crippen molar-refractivity contribution < 1.29 is 49.4 Å². The van der Waals surface area contributed by atoms with Crippen LogP contribution in [0.4, 0.5) is 0 Å². The number of aliphatic hydroxyl groups excluding tert-OH is 3. The molecule has 76 heavy (non-hydrogen) atoms. The van der Waals surface area contributed by atoms with E-state index < -0.39 is 11.9 Å². The van der Waals surface area contributed by atoms with Gasteiger partial charge in [-0.15, -0.1) is 0 Å². The van der Waals surface area contributed by atoms with Crippen LogP contribution in [0.25, 0.3) is 0 Å². The first-order chi connectivity index (χ1) is 36.2. The molecule has 1 unspecified atom stereocenters. The minimum Gasteiger partial charge on any atom is -0.492 e. The first-order valence-electron chi connectivity index (χ1n) is 23.4. The highest BCUT2D eigenvalue weighted by Gasteiger charge is 2.10. The number of halogens is 4. The summed E-state index contributed by atoms with van der Waals surface area (Å²) in [5.74, 6) is -1.01. The van der Waals surface area contributed by atoms with Crippen LogP contribution in [0.2, 0.25) is 20.1 Å². The highest BCUT2D eigenvalue weighted by Crippen LogP contribution is 2.20. The first kappa shape index (κ1) is 68.3. The summed E-state index contributed by atoms with van der Waals surface area (Å²) in [6, 6.07) is 12.0. The quantitative estimate of drug-likeness (QED) is 0.0396. The number of carboxylic acids is 2. The number of fused-ring (bicyclic) bond motifs is 1. The van der Waals surface area contributed by atoms with Gasteiger partial charge in [-0.25, -0.2) is 9.59 Å². The van der Waals surface area contributed by atoms with E-state index in [9.17, 15) is 14.4 Å². The number of aromatic nitrogens is 6. The Labute approximate surface area is 465 Å². The number of nitrogens with two attached hydrogens (primary N) is 1. The van der Waals surface area contributed by atoms with E-state index in [1.165, 1.54) is 30.7 Å². The Morgan fingerprint density at radius 1 is 0.711 bits per heavy atom. The number of aromatic carboxylic acids is 2. The summed E-state index contributed by atoms with van der Waals surface area (Å²) < 4.78 is 10.5. The number of carbonyl (C=O) groups excluding carboxylic acids is 1. The number of hydrogen-bond donors (Lipinski definition) is 8. The van der Waals surface area contributed by atoms with Crippen molar-refractivity contribution in [1.29, 1.82) is 0 Å². The SMILES string of the molecule is Cc1cc(Cl)c(C(=O)O)cn1.Cc1cc(Cl)c(C=O)cn1.Cc1cc(Cl)c(CNCCO)cn1.Cc1cc(Cl)c(CO)cn1.Cc1cc2c(cn1)CNCCO2.Cc1ccc(C(=O)O)cn1.NCCO.[B]C1CCCO1. The second kappa shape index (κ2) is 39.6. The number of nitrogens with one attached hydrogen (secondary N) is 2. The number of carbonyl (C=O) groups is 3. The molecule has 0 bridgehead atoms. The van der Waals surface area contributed by atoms with E-state index in [4.69, 9.17) is 95.0 Å². The van der Waals surface area contributed by atoms with E-state index in [-0.39, 0.29) is 42.0 Å². The Balaban J connectivity index is 0.000000441. The van der Waals surface area contributed by atoms with Crippen LogP contribution < -0.4 is 21.1 Å². The Kier molecular flexibility index (Phi) is 35.6. The molecule has 19 nitrogen and oxygen atoms in total. The van der Waals surface area contributed by atoms with Crippen molar-refractivity contribution in [2.75, 3.05) is 46.1 Å². The number of aryl methyl sites for hydroxylation is 6. The highest BCUT2D eigenvalue weighted by molar-refractivity contribution is 6.33. The van der Waals surface area contributed by atoms with E-state index in [0.29, 0.717) is 52.8 Å². The monoisotopic (exact) mass is 1130 g/mol. The molecule has 410 valence electrons. The smallest absolute Gasteiger partial charge is 0.338 e. The zero-order chi connectivity index (χ0) is 57.0. The number of nitrogens with zero attached hydrogens (tertiary/aromatic N) is 6. The van der Waals surface area contributed by atoms with Gasteiger partial charge in [-0.3, -0.25) is 34.7 Å². The van der Waals surface area contributed by atoms with Gasteiger partial charge in [-0.1, -0.05) is 46.4 Å². The minimum atomic E-state index is -1.05. The second-order valence-corrected chi connectivity index (χ2v) is 17.6. The van der Waals surface area contributed by atoms with Crippen molar-refractivity contribution >= 4 is 72.5 Å². The predicted octanol–water partition coefficient (Wildman–Crippen LogP) is 7.45. The molecule has 1 fully saturated rings. The molecule has 6 aromatic heterocycles. The van der Waals surface area contributed by atoms with Crippen LogP contribution in [0.3, 0.4) is 0 Å². The van der Waals surface area contributed by atoms with Gasteiger partial charge < -0.3 is 51.4 Å². The molecule has 1 atom stereocenters. The van der Waals surface area contributed by atoms with E-state index >= 15 is 0 Å². The zero-order valence-electron chi connectivity index (χ0n) is 43.3. The zero-order valence-corrected chi connectivity index (χ0v) is 46.3. The van der Waals surface area contributed by atoms with E-state index in [0.717, 1.165) is 89.5 Å². The normalized spacial score (nSPS) is 12.6. The largest absolute Gasteiger partial charge is 0.492 e. The number of hydrogen-bond acceptors (Lipinski definition) is 17. The second-order valence-electron chi connectivity index (χ2n) is 16.0. The first-order valence-corrected chi connectivity index (χ1v) is 24.9. The Hall–Kier alpha value is -5.75. The molecule has 2 aliphatic rings. The lowest BCUT2D eigenvalue weighted by Crippen LogP contribution is -2.17. The number of carboxylic acid groups (broad SMARTS) is 2. The average Bonchev–Trinajstić information content (AvgIpc) is 3.75. The van der Waals surface area contributed by atoms with E-state index in [1.807, 2.05) is 52.9 Å². The van der Waals surface area contributed by atoms with Gasteiger partial charge in [0.1, 0.15) is 20.2 Å². The summed E-state index contributed by atoms with van der Waals surface area (Å²) in [5, 5.41) is 50.2. The maximum absolute atomic E-state index is 10.4. The summed E-state index contributed by atoms with van der Waals surface area (Å²) in [7, 11) is 5.31. The Morgan fingerprint density at radius 3 is 1.70 bits per heavy atom. The predicted molar refractivity (Wildman–Crippen MR) is 296 cm³/mol. The lowest BCUT2D eigenvalue weighted by Gasteiger charge is -2.05. The number of aldehydes is 1. The third-order valence-electron chi connectivity index (χ3n) is 9.46. The maximum Gasteiger partial charge on any atom is 0.338 e. The molecule has 2 radical (unpaired) electrons. The van der Waals surface area contributed by atoms with Crippen molar-refractivity contribution in [1.82, 2.24) is 40.5 Å². The van der Waals surface area contributed by atoms with Crippen molar-refractivity contribution in [2.24, 2.45) is 5.73 Å². The molecule has 1 saturated heterocycles. The molecule has 24 heteroatoms. The van der Waals surface area contributed by atoms with Gasteiger partial charge in [0.15, 0.2) is 6.29 Å². The van der Waals surface area contributed by atoms with Crippen LogP contribution in [-0.4, -0.2) is 134 Å². The summed E-state index contributed by atoms with van der Waals surface area (Å²) in [5.41, 5.74) is 13.4. The average molecular weight is 1130 g/mol. The third-order valence-corrected chi connectivity index (χ3v) is 10.8. The molecule has 0 aromatic carbocycles. The molecule has 8 heterocycles. The van der Waals surface area contributed by atoms with Crippen LogP contribution in [0.5, 0.6) is 5.75 Å². The van der Waals surface area contributed by atoms with Gasteiger partial charge in [-0.05, 0) is 90.8 Å². The fourth-order valence-corrected chi connectivity index (χ4v) is 6.53. The van der Waals surface area contributed by atoms with Gasteiger partial charge in [0.2, 0.25) is 0 Å². The molecule has 0 spiro atoms. The van der Waals surface area contributed by atoms with Gasteiger partial charge in [0.25, 0.3) is 0 Å². The topological polar surface area (TPSA) is 298 Å². The fourth-order valence-electron chi connectivity index (χ4n) is 5.45. The van der Waals surface area contributed by atoms with E-state index in [1.54, 1.807) is 37.5 Å². The number of rotatable bonds is 9. The summed E-state index contributed by atoms with van der Waals surface area (Å²) in [6.45, 7) is 16.3. The summed E-state index contributed by atoms with van der Waals surface area (Å²) >= 11 is 23.0. The molecular formula is C52H66BCl4N9O10. The van der Waals surface area contributed by atoms with Gasteiger partial charge in [-0.2, -0.15) is 0 Å². The van der Waals surface area contributed by atoms with Gasteiger partial charge in [0, 0.05) is 149 Å². The lowest BCUT2D eigenvalue weighted by molar-refractivity contribution is 0.0685. The van der Waals surface area contributed by atoms with E-state index in [2.05, 4.69) is 40.5 Å². The van der Waals surface area contributed by atoms with Crippen LogP contribution in [0.15, 0.2) is 79.6 Å². The van der Waals surface area contributed by atoms with Crippen LogP contribution in [0.1, 0.15) is 94.8 Å². The molecule has 9 N–H and O–H groups in total. The summed E-state index contributed by atoms with van der Waals surface area (Å²) in [6.07, 6.45) is 12.1. The van der Waals surface area contributed by atoms with Crippen molar-refractivity contribution in [2.45, 2.75) is 80.1 Å². The van der Waals surface area contributed by atoms with Gasteiger partial charge >= 0.3 is 11.9 Å². The molecular weight excluding hydrogens is 1060 g/mol. The molecule has 0 saturated carbocycles. The Bertz CT molecular complexity index is 2660. The van der Waals surface area contributed by atoms with Crippen molar-refractivity contribution in [3.63, 3.8) is 0 Å².